The first kappa shape index (κ1) is 13.4. The smallest absolute Gasteiger partial charge is 0.133 e. The standard InChI is InChI=1S/C12H19N3O2/c1-8-7-10(17-6-4-5-16-3)11(12(13)14)9(2)15-8/h7H,4-6H2,1-3H3,(H3,13,14). The molecule has 0 amide bonds. The summed E-state index contributed by atoms with van der Waals surface area (Å²) in [6.45, 7) is 4.90. The summed E-state index contributed by atoms with van der Waals surface area (Å²) in [5, 5.41) is 7.54. The molecule has 0 saturated carbocycles. The number of hydrogen-bond donors (Lipinski definition) is 2. The van der Waals surface area contributed by atoms with Crippen LogP contribution in [0.15, 0.2) is 6.07 Å². The summed E-state index contributed by atoms with van der Waals surface area (Å²) in [4.78, 5) is 4.27. The van der Waals surface area contributed by atoms with E-state index in [4.69, 9.17) is 20.6 Å². The first-order valence-electron chi connectivity index (χ1n) is 5.50. The molecule has 0 aliphatic carbocycles. The van der Waals surface area contributed by atoms with E-state index >= 15 is 0 Å². The van der Waals surface area contributed by atoms with Gasteiger partial charge in [-0.05, 0) is 13.8 Å². The summed E-state index contributed by atoms with van der Waals surface area (Å²) < 4.78 is 10.6. The summed E-state index contributed by atoms with van der Waals surface area (Å²) in [5.41, 5.74) is 7.69. The van der Waals surface area contributed by atoms with Crippen molar-refractivity contribution in [2.45, 2.75) is 20.3 Å². The Morgan fingerprint density at radius 3 is 2.71 bits per heavy atom. The van der Waals surface area contributed by atoms with Crippen molar-refractivity contribution in [1.82, 2.24) is 4.98 Å². The lowest BCUT2D eigenvalue weighted by molar-refractivity contribution is 0.172. The summed E-state index contributed by atoms with van der Waals surface area (Å²) in [6.07, 6.45) is 0.800. The quantitative estimate of drug-likeness (QED) is 0.445. The highest BCUT2D eigenvalue weighted by atomic mass is 16.5. The van der Waals surface area contributed by atoms with E-state index in [1.807, 2.05) is 13.8 Å². The lowest BCUT2D eigenvalue weighted by Gasteiger charge is -2.13. The fourth-order valence-corrected chi connectivity index (χ4v) is 1.62. The predicted molar refractivity (Wildman–Crippen MR) is 66.7 cm³/mol. The van der Waals surface area contributed by atoms with Crippen molar-refractivity contribution in [1.29, 1.82) is 5.41 Å². The van der Waals surface area contributed by atoms with Crippen molar-refractivity contribution >= 4 is 5.84 Å². The number of amidine groups is 1. The zero-order valence-electron chi connectivity index (χ0n) is 10.5. The monoisotopic (exact) mass is 237 g/mol. The van der Waals surface area contributed by atoms with Gasteiger partial charge in [0.15, 0.2) is 0 Å². The fourth-order valence-electron chi connectivity index (χ4n) is 1.62. The normalized spacial score (nSPS) is 10.3. The number of methoxy groups -OCH3 is 1. The lowest BCUT2D eigenvalue weighted by atomic mass is 10.1. The van der Waals surface area contributed by atoms with E-state index < -0.39 is 0 Å². The Balaban J connectivity index is 2.85. The molecule has 17 heavy (non-hydrogen) atoms. The van der Waals surface area contributed by atoms with Crippen LogP contribution in [-0.2, 0) is 4.74 Å². The first-order valence-corrected chi connectivity index (χ1v) is 5.50. The van der Waals surface area contributed by atoms with E-state index in [1.165, 1.54) is 0 Å². The minimum absolute atomic E-state index is 0.0169. The van der Waals surface area contributed by atoms with Gasteiger partial charge in [-0.15, -0.1) is 0 Å². The van der Waals surface area contributed by atoms with Crippen LogP contribution in [0.4, 0.5) is 0 Å². The van der Waals surface area contributed by atoms with Crippen LogP contribution in [0.2, 0.25) is 0 Å². The maximum absolute atomic E-state index is 7.54. The van der Waals surface area contributed by atoms with Crippen LogP contribution in [0.1, 0.15) is 23.4 Å². The molecule has 1 rings (SSSR count). The van der Waals surface area contributed by atoms with Crippen LogP contribution in [0.25, 0.3) is 0 Å². The molecule has 1 aromatic rings. The molecular weight excluding hydrogens is 218 g/mol. The Bertz CT molecular complexity index is 405. The molecule has 0 unspecified atom stereocenters. The number of aryl methyl sites for hydroxylation is 2. The van der Waals surface area contributed by atoms with E-state index in [1.54, 1.807) is 13.2 Å². The molecule has 0 aliphatic rings. The van der Waals surface area contributed by atoms with Gasteiger partial charge in [-0.25, -0.2) is 0 Å². The third-order valence-electron chi connectivity index (χ3n) is 2.31. The fraction of sp³-hybridized carbons (Fsp3) is 0.500. The summed E-state index contributed by atoms with van der Waals surface area (Å²) in [6, 6.07) is 1.80. The highest BCUT2D eigenvalue weighted by molar-refractivity contribution is 5.98. The Labute approximate surface area is 101 Å². The van der Waals surface area contributed by atoms with E-state index in [0.29, 0.717) is 24.5 Å². The molecule has 3 N–H and O–H groups in total. The Kier molecular flexibility index (Phi) is 4.90. The number of pyridine rings is 1. The molecule has 1 aromatic heterocycles. The van der Waals surface area contributed by atoms with Crippen molar-refractivity contribution < 1.29 is 9.47 Å². The van der Waals surface area contributed by atoms with Crippen molar-refractivity contribution in [3.63, 3.8) is 0 Å². The largest absolute Gasteiger partial charge is 0.493 e. The van der Waals surface area contributed by atoms with Crippen LogP contribution in [0.3, 0.4) is 0 Å². The SMILES string of the molecule is COCCCOc1cc(C)nc(C)c1C(=N)N. The number of aromatic nitrogens is 1. The van der Waals surface area contributed by atoms with Crippen LogP contribution in [0.5, 0.6) is 5.75 Å². The molecule has 0 fully saturated rings. The van der Waals surface area contributed by atoms with Crippen LogP contribution in [0, 0.1) is 19.3 Å². The highest BCUT2D eigenvalue weighted by Crippen LogP contribution is 2.21. The van der Waals surface area contributed by atoms with Gasteiger partial charge >= 0.3 is 0 Å². The van der Waals surface area contributed by atoms with Crippen molar-refractivity contribution in [2.24, 2.45) is 5.73 Å². The third-order valence-corrected chi connectivity index (χ3v) is 2.31. The average Bonchev–Trinajstić information content (AvgIpc) is 2.22. The second-order valence-corrected chi connectivity index (χ2v) is 3.83. The Hall–Kier alpha value is -1.62. The van der Waals surface area contributed by atoms with E-state index in [0.717, 1.165) is 17.8 Å². The van der Waals surface area contributed by atoms with Gasteiger partial charge in [0.25, 0.3) is 0 Å². The van der Waals surface area contributed by atoms with Gasteiger partial charge < -0.3 is 15.2 Å². The van der Waals surface area contributed by atoms with Gasteiger partial charge in [-0.2, -0.15) is 0 Å². The zero-order valence-corrected chi connectivity index (χ0v) is 10.5. The number of hydrogen-bond acceptors (Lipinski definition) is 4. The zero-order chi connectivity index (χ0) is 12.8. The van der Waals surface area contributed by atoms with E-state index in [2.05, 4.69) is 4.98 Å². The molecular formula is C12H19N3O2. The van der Waals surface area contributed by atoms with Gasteiger partial charge in [-0.1, -0.05) is 0 Å². The van der Waals surface area contributed by atoms with Gasteiger partial charge in [0.2, 0.25) is 0 Å². The number of nitrogens with two attached hydrogens (primary N) is 1. The van der Waals surface area contributed by atoms with E-state index in [9.17, 15) is 0 Å². The molecule has 0 radical (unpaired) electrons. The average molecular weight is 237 g/mol. The molecule has 1 heterocycles. The molecule has 0 saturated heterocycles. The molecule has 0 spiro atoms. The molecule has 0 aliphatic heterocycles. The van der Waals surface area contributed by atoms with Gasteiger partial charge in [0, 0.05) is 31.9 Å². The molecule has 0 aromatic carbocycles. The number of nitrogens with one attached hydrogen (secondary N) is 1. The highest BCUT2D eigenvalue weighted by Gasteiger charge is 2.12. The van der Waals surface area contributed by atoms with Crippen molar-refractivity contribution in [3.05, 3.63) is 23.0 Å². The van der Waals surface area contributed by atoms with Gasteiger partial charge in [0.1, 0.15) is 11.6 Å². The number of ether oxygens (including phenoxy) is 2. The second-order valence-electron chi connectivity index (χ2n) is 3.83. The molecule has 5 heteroatoms. The minimum Gasteiger partial charge on any atom is -0.493 e. The predicted octanol–water partition coefficient (Wildman–Crippen LogP) is 1.40. The molecule has 0 bridgehead atoms. The lowest BCUT2D eigenvalue weighted by Crippen LogP contribution is -2.16. The van der Waals surface area contributed by atoms with Crippen LogP contribution >= 0.6 is 0 Å². The summed E-state index contributed by atoms with van der Waals surface area (Å²) in [5.74, 6) is 0.607. The Morgan fingerprint density at radius 2 is 2.12 bits per heavy atom. The molecule has 94 valence electrons. The molecule has 5 nitrogen and oxygen atoms in total. The maximum Gasteiger partial charge on any atom is 0.133 e. The van der Waals surface area contributed by atoms with Gasteiger partial charge in [-0.3, -0.25) is 10.4 Å². The first-order chi connectivity index (χ1) is 8.06. The number of nitrogen functional groups attached to an aromatic ring is 1. The van der Waals surface area contributed by atoms with Crippen molar-refractivity contribution in [3.8, 4) is 5.75 Å². The number of nitrogens with zero attached hydrogens (tertiary/aromatic N) is 1. The third kappa shape index (κ3) is 3.71. The Morgan fingerprint density at radius 1 is 1.41 bits per heavy atom. The minimum atomic E-state index is -0.0169. The maximum atomic E-state index is 7.54. The topological polar surface area (TPSA) is 81.2 Å². The molecule has 0 atom stereocenters. The van der Waals surface area contributed by atoms with Crippen LogP contribution < -0.4 is 10.5 Å². The second kappa shape index (κ2) is 6.20. The summed E-state index contributed by atoms with van der Waals surface area (Å²) >= 11 is 0. The van der Waals surface area contributed by atoms with E-state index in [-0.39, 0.29) is 5.84 Å². The van der Waals surface area contributed by atoms with Gasteiger partial charge in [0.05, 0.1) is 17.9 Å². The van der Waals surface area contributed by atoms with Crippen LogP contribution in [-0.4, -0.2) is 31.1 Å². The summed E-state index contributed by atoms with van der Waals surface area (Å²) in [7, 11) is 1.65. The van der Waals surface area contributed by atoms with Crippen molar-refractivity contribution in [2.75, 3.05) is 20.3 Å². The number of rotatable bonds is 6.